The SMILES string of the molecule is C=CC1=CCCN1C(=O)C(CC(=O)O)N(C)CC. The lowest BCUT2D eigenvalue weighted by Gasteiger charge is -2.29. The van der Waals surface area contributed by atoms with E-state index in [4.69, 9.17) is 5.11 Å². The van der Waals surface area contributed by atoms with Crippen LogP contribution in [0.15, 0.2) is 24.4 Å². The molecule has 5 heteroatoms. The van der Waals surface area contributed by atoms with E-state index >= 15 is 0 Å². The number of hydrogen-bond donors (Lipinski definition) is 1. The maximum Gasteiger partial charge on any atom is 0.305 e. The Morgan fingerprint density at radius 1 is 1.67 bits per heavy atom. The van der Waals surface area contributed by atoms with Crippen LogP contribution in [0.1, 0.15) is 19.8 Å². The summed E-state index contributed by atoms with van der Waals surface area (Å²) in [5.74, 6) is -1.12. The van der Waals surface area contributed by atoms with Crippen molar-refractivity contribution in [2.24, 2.45) is 0 Å². The van der Waals surface area contributed by atoms with Crippen molar-refractivity contribution in [1.82, 2.24) is 9.80 Å². The average molecular weight is 252 g/mol. The summed E-state index contributed by atoms with van der Waals surface area (Å²) in [6.45, 7) is 6.80. The fraction of sp³-hybridized carbons (Fsp3) is 0.538. The number of likely N-dealkylation sites (N-methyl/N-ethyl adjacent to an activating group) is 1. The number of hydrogen-bond acceptors (Lipinski definition) is 3. The lowest BCUT2D eigenvalue weighted by atomic mass is 10.1. The van der Waals surface area contributed by atoms with Crippen LogP contribution in [0, 0.1) is 0 Å². The van der Waals surface area contributed by atoms with E-state index in [1.807, 2.05) is 13.0 Å². The molecular formula is C13H20N2O3. The summed E-state index contributed by atoms with van der Waals surface area (Å²) >= 11 is 0. The second kappa shape index (κ2) is 6.35. The van der Waals surface area contributed by atoms with Crippen LogP contribution in [0.2, 0.25) is 0 Å². The highest BCUT2D eigenvalue weighted by Gasteiger charge is 2.31. The molecule has 1 aliphatic heterocycles. The summed E-state index contributed by atoms with van der Waals surface area (Å²) in [5.41, 5.74) is 0.778. The minimum Gasteiger partial charge on any atom is -0.481 e. The summed E-state index contributed by atoms with van der Waals surface area (Å²) < 4.78 is 0. The molecular weight excluding hydrogens is 232 g/mol. The van der Waals surface area contributed by atoms with Gasteiger partial charge in [0.2, 0.25) is 5.91 Å². The fourth-order valence-electron chi connectivity index (χ4n) is 2.01. The highest BCUT2D eigenvalue weighted by Crippen LogP contribution is 2.19. The predicted molar refractivity (Wildman–Crippen MR) is 69.0 cm³/mol. The first kappa shape index (κ1) is 14.4. The van der Waals surface area contributed by atoms with Gasteiger partial charge in [0.15, 0.2) is 0 Å². The van der Waals surface area contributed by atoms with Crippen molar-refractivity contribution in [2.45, 2.75) is 25.8 Å². The lowest BCUT2D eigenvalue weighted by molar-refractivity contribution is -0.144. The van der Waals surface area contributed by atoms with Crippen molar-refractivity contribution in [3.63, 3.8) is 0 Å². The second-order valence-corrected chi connectivity index (χ2v) is 4.30. The zero-order valence-corrected chi connectivity index (χ0v) is 10.9. The van der Waals surface area contributed by atoms with Gasteiger partial charge in [-0.15, -0.1) is 0 Å². The standard InChI is InChI=1S/C13H20N2O3/c1-4-10-7-6-8-15(10)13(18)11(9-12(16)17)14(3)5-2/h4,7,11H,1,5-6,8-9H2,2-3H3,(H,16,17). The van der Waals surface area contributed by atoms with E-state index in [1.54, 1.807) is 22.9 Å². The van der Waals surface area contributed by atoms with Crippen LogP contribution in [0.3, 0.4) is 0 Å². The van der Waals surface area contributed by atoms with E-state index in [2.05, 4.69) is 6.58 Å². The third-order valence-corrected chi connectivity index (χ3v) is 3.18. The third kappa shape index (κ3) is 3.20. The minimum atomic E-state index is -0.961. The zero-order chi connectivity index (χ0) is 13.7. The van der Waals surface area contributed by atoms with Crippen LogP contribution in [0.25, 0.3) is 0 Å². The molecule has 5 nitrogen and oxygen atoms in total. The Bertz CT molecular complexity index is 376. The van der Waals surface area contributed by atoms with Gasteiger partial charge >= 0.3 is 5.97 Å². The monoisotopic (exact) mass is 252 g/mol. The number of rotatable bonds is 6. The van der Waals surface area contributed by atoms with Gasteiger partial charge in [0, 0.05) is 12.2 Å². The van der Waals surface area contributed by atoms with Gasteiger partial charge < -0.3 is 10.0 Å². The maximum absolute atomic E-state index is 12.4. The summed E-state index contributed by atoms with van der Waals surface area (Å²) in [6, 6.07) is -0.617. The third-order valence-electron chi connectivity index (χ3n) is 3.18. The Labute approximate surface area is 107 Å². The van der Waals surface area contributed by atoms with E-state index in [0.717, 1.165) is 12.1 Å². The maximum atomic E-state index is 12.4. The van der Waals surface area contributed by atoms with Crippen LogP contribution in [-0.4, -0.2) is 53.0 Å². The van der Waals surface area contributed by atoms with E-state index in [0.29, 0.717) is 13.1 Å². The van der Waals surface area contributed by atoms with E-state index in [-0.39, 0.29) is 12.3 Å². The van der Waals surface area contributed by atoms with Crippen molar-refractivity contribution in [3.05, 3.63) is 24.4 Å². The topological polar surface area (TPSA) is 60.9 Å². The Morgan fingerprint density at radius 3 is 2.83 bits per heavy atom. The molecule has 0 spiro atoms. The van der Waals surface area contributed by atoms with Crippen molar-refractivity contribution in [3.8, 4) is 0 Å². The molecule has 100 valence electrons. The van der Waals surface area contributed by atoms with Gasteiger partial charge in [0.1, 0.15) is 0 Å². The summed E-state index contributed by atoms with van der Waals surface area (Å²) in [6.07, 6.45) is 4.19. The first-order valence-corrected chi connectivity index (χ1v) is 6.07. The highest BCUT2D eigenvalue weighted by molar-refractivity contribution is 5.88. The molecule has 0 aromatic rings. The van der Waals surface area contributed by atoms with Gasteiger partial charge in [0.25, 0.3) is 0 Å². The van der Waals surface area contributed by atoms with Gasteiger partial charge in [0.05, 0.1) is 12.5 Å². The lowest BCUT2D eigenvalue weighted by Crippen LogP contribution is -2.47. The van der Waals surface area contributed by atoms with Gasteiger partial charge in [-0.25, -0.2) is 0 Å². The van der Waals surface area contributed by atoms with E-state index in [9.17, 15) is 9.59 Å². The highest BCUT2D eigenvalue weighted by atomic mass is 16.4. The van der Waals surface area contributed by atoms with Crippen LogP contribution in [0.5, 0.6) is 0 Å². The number of carboxylic acids is 1. The normalized spacial score (nSPS) is 16.6. The van der Waals surface area contributed by atoms with Crippen molar-refractivity contribution < 1.29 is 14.7 Å². The molecule has 18 heavy (non-hydrogen) atoms. The molecule has 1 aliphatic rings. The fourth-order valence-corrected chi connectivity index (χ4v) is 2.01. The quantitative estimate of drug-likeness (QED) is 0.768. The molecule has 0 radical (unpaired) electrons. The first-order valence-electron chi connectivity index (χ1n) is 6.07. The van der Waals surface area contributed by atoms with Gasteiger partial charge in [-0.1, -0.05) is 19.6 Å². The van der Waals surface area contributed by atoms with Crippen LogP contribution in [0.4, 0.5) is 0 Å². The molecule has 1 amide bonds. The number of allylic oxidation sites excluding steroid dienone is 1. The Hall–Kier alpha value is -1.62. The summed E-state index contributed by atoms with van der Waals surface area (Å²) in [5, 5.41) is 8.91. The van der Waals surface area contributed by atoms with Gasteiger partial charge in [-0.05, 0) is 26.1 Å². The number of carboxylic acid groups (broad SMARTS) is 1. The molecule has 1 heterocycles. The molecule has 0 saturated carbocycles. The zero-order valence-electron chi connectivity index (χ0n) is 10.9. The van der Waals surface area contributed by atoms with Crippen molar-refractivity contribution >= 4 is 11.9 Å². The van der Waals surface area contributed by atoms with Crippen LogP contribution >= 0.6 is 0 Å². The predicted octanol–water partition coefficient (Wildman–Crippen LogP) is 1.08. The first-order chi connectivity index (χ1) is 8.51. The number of amides is 1. The molecule has 0 aromatic heterocycles. The van der Waals surface area contributed by atoms with Crippen LogP contribution < -0.4 is 0 Å². The molecule has 0 bridgehead atoms. The molecule has 0 saturated heterocycles. The number of carbonyl (C=O) groups is 2. The molecule has 1 rings (SSSR count). The summed E-state index contributed by atoms with van der Waals surface area (Å²) in [7, 11) is 1.76. The summed E-state index contributed by atoms with van der Waals surface area (Å²) in [4.78, 5) is 26.6. The van der Waals surface area contributed by atoms with Crippen molar-refractivity contribution in [1.29, 1.82) is 0 Å². The number of nitrogens with zero attached hydrogens (tertiary/aromatic N) is 2. The Kier molecular flexibility index (Phi) is 5.09. The molecule has 0 aromatic carbocycles. The Balaban J connectivity index is 2.85. The smallest absolute Gasteiger partial charge is 0.305 e. The minimum absolute atomic E-state index is 0.162. The number of carbonyl (C=O) groups excluding carboxylic acids is 1. The Morgan fingerprint density at radius 2 is 2.33 bits per heavy atom. The largest absolute Gasteiger partial charge is 0.481 e. The van der Waals surface area contributed by atoms with Crippen molar-refractivity contribution in [2.75, 3.05) is 20.1 Å². The molecule has 0 aliphatic carbocycles. The van der Waals surface area contributed by atoms with E-state index < -0.39 is 12.0 Å². The molecule has 1 atom stereocenters. The number of aliphatic carboxylic acids is 1. The molecule has 0 fully saturated rings. The van der Waals surface area contributed by atoms with Gasteiger partial charge in [-0.2, -0.15) is 0 Å². The molecule has 1 unspecified atom stereocenters. The second-order valence-electron chi connectivity index (χ2n) is 4.30. The average Bonchev–Trinajstić information content (AvgIpc) is 2.82. The van der Waals surface area contributed by atoms with E-state index in [1.165, 1.54) is 0 Å². The molecule has 1 N–H and O–H groups in total. The van der Waals surface area contributed by atoms with Gasteiger partial charge in [-0.3, -0.25) is 14.5 Å². The van der Waals surface area contributed by atoms with Crippen LogP contribution in [-0.2, 0) is 9.59 Å².